The highest BCUT2D eigenvalue weighted by Gasteiger charge is 2.34. The van der Waals surface area contributed by atoms with Crippen LogP contribution < -0.4 is 5.32 Å². The molecule has 0 spiro atoms. The predicted molar refractivity (Wildman–Crippen MR) is 71.2 cm³/mol. The molecular formula is C13H18F3N3O. The molecule has 1 saturated heterocycles. The standard InChI is InChI=1S/C13H18F3N3O/c1-4-11(20)19-7-5-6-10(8-19)18-12(17-3)9(2)13(14,15)16/h4,10,18H,1,3,5-8H2,2H3/b12-9-/t10-/m1/s1. The summed E-state index contributed by atoms with van der Waals surface area (Å²) in [6, 6.07) is -0.273. The van der Waals surface area contributed by atoms with Crippen molar-refractivity contribution in [3.05, 3.63) is 24.0 Å². The van der Waals surface area contributed by atoms with Crippen LogP contribution in [0.25, 0.3) is 0 Å². The van der Waals surface area contributed by atoms with Crippen LogP contribution in [-0.2, 0) is 4.79 Å². The van der Waals surface area contributed by atoms with Crippen molar-refractivity contribution in [1.29, 1.82) is 0 Å². The van der Waals surface area contributed by atoms with Crippen molar-refractivity contribution in [3.63, 3.8) is 0 Å². The first-order valence-electron chi connectivity index (χ1n) is 6.22. The van der Waals surface area contributed by atoms with Gasteiger partial charge in [0.25, 0.3) is 0 Å². The summed E-state index contributed by atoms with van der Waals surface area (Å²) in [6.07, 6.45) is -1.86. The third-order valence-electron chi connectivity index (χ3n) is 3.19. The van der Waals surface area contributed by atoms with Gasteiger partial charge in [0, 0.05) is 19.1 Å². The minimum absolute atomic E-state index is 0.221. The highest BCUT2D eigenvalue weighted by molar-refractivity contribution is 5.87. The molecule has 0 aromatic rings. The first kappa shape index (κ1) is 16.3. The van der Waals surface area contributed by atoms with Crippen LogP contribution in [0.2, 0.25) is 0 Å². The lowest BCUT2D eigenvalue weighted by atomic mass is 10.1. The molecule has 0 saturated carbocycles. The fourth-order valence-corrected chi connectivity index (χ4v) is 2.02. The maximum absolute atomic E-state index is 12.6. The Labute approximate surface area is 116 Å². The molecule has 1 N–H and O–H groups in total. The minimum Gasteiger partial charge on any atom is -0.365 e. The van der Waals surface area contributed by atoms with E-state index in [2.05, 4.69) is 23.6 Å². The maximum Gasteiger partial charge on any atom is 0.415 e. The van der Waals surface area contributed by atoms with E-state index in [-0.39, 0.29) is 17.8 Å². The van der Waals surface area contributed by atoms with Crippen molar-refractivity contribution < 1.29 is 18.0 Å². The summed E-state index contributed by atoms with van der Waals surface area (Å²) in [7, 11) is 0. The van der Waals surface area contributed by atoms with Crippen LogP contribution in [0.4, 0.5) is 13.2 Å². The number of carbonyl (C=O) groups excluding carboxylic acids is 1. The summed E-state index contributed by atoms with van der Waals surface area (Å²) in [4.78, 5) is 16.5. The second kappa shape index (κ2) is 6.58. The Hall–Kier alpha value is -1.79. The van der Waals surface area contributed by atoms with Crippen molar-refractivity contribution in [1.82, 2.24) is 10.2 Å². The zero-order valence-electron chi connectivity index (χ0n) is 11.3. The summed E-state index contributed by atoms with van der Waals surface area (Å²) < 4.78 is 37.9. The first-order chi connectivity index (χ1) is 9.29. The number of nitrogens with one attached hydrogen (secondary N) is 1. The number of nitrogens with zero attached hydrogens (tertiary/aromatic N) is 2. The lowest BCUT2D eigenvalue weighted by molar-refractivity contribution is -0.127. The number of rotatable bonds is 4. The number of amides is 1. The summed E-state index contributed by atoms with van der Waals surface area (Å²) >= 11 is 0. The van der Waals surface area contributed by atoms with E-state index in [1.54, 1.807) is 4.90 Å². The van der Waals surface area contributed by atoms with Crippen molar-refractivity contribution in [2.75, 3.05) is 13.1 Å². The Bertz CT molecular complexity index is 429. The Morgan fingerprint density at radius 2 is 2.15 bits per heavy atom. The summed E-state index contributed by atoms with van der Waals surface area (Å²) in [5, 5.41) is 2.72. The van der Waals surface area contributed by atoms with Gasteiger partial charge in [-0.25, -0.2) is 4.99 Å². The molecule has 1 heterocycles. The number of aliphatic imine (C=N–C) groups is 1. The van der Waals surface area contributed by atoms with Crippen molar-refractivity contribution in [3.8, 4) is 0 Å². The second-order valence-electron chi connectivity index (χ2n) is 4.60. The minimum atomic E-state index is -4.45. The van der Waals surface area contributed by atoms with Gasteiger partial charge in [-0.15, -0.1) is 0 Å². The third-order valence-corrected chi connectivity index (χ3v) is 3.19. The normalized spacial score (nSPS) is 21.0. The van der Waals surface area contributed by atoms with Gasteiger partial charge in [-0.1, -0.05) is 6.58 Å². The van der Waals surface area contributed by atoms with Crippen molar-refractivity contribution in [2.24, 2.45) is 4.99 Å². The zero-order chi connectivity index (χ0) is 15.3. The maximum atomic E-state index is 12.6. The van der Waals surface area contributed by atoms with Gasteiger partial charge < -0.3 is 10.2 Å². The smallest absolute Gasteiger partial charge is 0.365 e. The van der Waals surface area contributed by atoms with Crippen LogP contribution in [-0.4, -0.2) is 42.8 Å². The van der Waals surface area contributed by atoms with Crippen LogP contribution in [0.15, 0.2) is 29.0 Å². The molecule has 112 valence electrons. The highest BCUT2D eigenvalue weighted by atomic mass is 19.4. The molecule has 0 aromatic carbocycles. The van der Waals surface area contributed by atoms with E-state index < -0.39 is 11.7 Å². The largest absolute Gasteiger partial charge is 0.415 e. The van der Waals surface area contributed by atoms with Gasteiger partial charge in [-0.2, -0.15) is 13.2 Å². The molecule has 0 unspecified atom stereocenters. The number of piperidine rings is 1. The molecule has 1 aliphatic rings. The average molecular weight is 289 g/mol. The fraction of sp³-hybridized carbons (Fsp3) is 0.538. The summed E-state index contributed by atoms with van der Waals surface area (Å²) in [5.74, 6) is -0.503. The molecular weight excluding hydrogens is 271 g/mol. The summed E-state index contributed by atoms with van der Waals surface area (Å²) in [5.41, 5.74) is -0.820. The number of hydrogen-bond donors (Lipinski definition) is 1. The molecule has 1 rings (SSSR count). The van der Waals surface area contributed by atoms with Gasteiger partial charge >= 0.3 is 6.18 Å². The Morgan fingerprint density at radius 1 is 1.50 bits per heavy atom. The van der Waals surface area contributed by atoms with E-state index in [0.717, 1.165) is 6.92 Å². The highest BCUT2D eigenvalue weighted by Crippen LogP contribution is 2.27. The molecule has 1 atom stereocenters. The Kier molecular flexibility index (Phi) is 5.35. The van der Waals surface area contributed by atoms with E-state index in [1.807, 2.05) is 0 Å². The molecule has 0 radical (unpaired) electrons. The van der Waals surface area contributed by atoms with Gasteiger partial charge in [-0.05, 0) is 32.6 Å². The molecule has 1 aliphatic heterocycles. The van der Waals surface area contributed by atoms with Crippen molar-refractivity contribution >= 4 is 12.6 Å². The fourth-order valence-electron chi connectivity index (χ4n) is 2.02. The van der Waals surface area contributed by atoms with Crippen LogP contribution in [0.1, 0.15) is 19.8 Å². The molecule has 0 bridgehead atoms. The van der Waals surface area contributed by atoms with Gasteiger partial charge in [-0.3, -0.25) is 4.79 Å². The second-order valence-corrected chi connectivity index (χ2v) is 4.60. The number of hydrogen-bond acceptors (Lipinski definition) is 3. The molecule has 0 aromatic heterocycles. The molecule has 1 amide bonds. The molecule has 4 nitrogen and oxygen atoms in total. The number of alkyl halides is 3. The van der Waals surface area contributed by atoms with Crippen LogP contribution in [0.3, 0.4) is 0 Å². The van der Waals surface area contributed by atoms with Gasteiger partial charge in [0.1, 0.15) is 5.82 Å². The topological polar surface area (TPSA) is 44.7 Å². The van der Waals surface area contributed by atoms with Crippen LogP contribution >= 0.6 is 0 Å². The van der Waals surface area contributed by atoms with Crippen LogP contribution in [0, 0.1) is 0 Å². The quantitative estimate of drug-likeness (QED) is 0.637. The third kappa shape index (κ3) is 4.11. The van der Waals surface area contributed by atoms with E-state index in [9.17, 15) is 18.0 Å². The molecule has 1 fully saturated rings. The number of likely N-dealkylation sites (tertiary alicyclic amines) is 1. The molecule has 7 heteroatoms. The van der Waals surface area contributed by atoms with Gasteiger partial charge in [0.2, 0.25) is 5.91 Å². The monoisotopic (exact) mass is 289 g/mol. The summed E-state index contributed by atoms with van der Waals surface area (Å²) in [6.45, 7) is 8.43. The lowest BCUT2D eigenvalue weighted by Crippen LogP contribution is -2.47. The predicted octanol–water partition coefficient (Wildman–Crippen LogP) is 2.25. The Balaban J connectivity index is 2.78. The van der Waals surface area contributed by atoms with E-state index in [0.29, 0.717) is 25.9 Å². The number of allylic oxidation sites excluding steroid dienone is 1. The zero-order valence-corrected chi connectivity index (χ0v) is 11.3. The lowest BCUT2D eigenvalue weighted by Gasteiger charge is -2.33. The van der Waals surface area contributed by atoms with Crippen molar-refractivity contribution in [2.45, 2.75) is 32.0 Å². The number of carbonyl (C=O) groups is 1. The van der Waals surface area contributed by atoms with Gasteiger partial charge in [0.05, 0.1) is 5.57 Å². The van der Waals surface area contributed by atoms with Gasteiger partial charge in [0.15, 0.2) is 0 Å². The first-order valence-corrected chi connectivity index (χ1v) is 6.22. The Morgan fingerprint density at radius 3 is 2.65 bits per heavy atom. The van der Waals surface area contributed by atoms with E-state index in [4.69, 9.17) is 0 Å². The van der Waals surface area contributed by atoms with Crippen LogP contribution in [0.5, 0.6) is 0 Å². The average Bonchev–Trinajstić information content (AvgIpc) is 2.42. The molecule has 0 aliphatic carbocycles. The van der Waals surface area contributed by atoms with E-state index in [1.165, 1.54) is 6.08 Å². The number of halogens is 3. The van der Waals surface area contributed by atoms with E-state index >= 15 is 0 Å². The SMILES string of the molecule is C=CC(=O)N1CCC[C@@H](N/C(N=C)=C(/C)C(F)(F)F)C1. The molecule has 20 heavy (non-hydrogen) atoms.